The summed E-state index contributed by atoms with van der Waals surface area (Å²) in [5, 5.41) is 3.00. The number of nitrogens with one attached hydrogen (secondary N) is 1. The molecule has 19 heavy (non-hydrogen) atoms. The molecule has 0 aromatic carbocycles. The predicted octanol–water partition coefficient (Wildman–Crippen LogP) is 4.13. The van der Waals surface area contributed by atoms with Crippen LogP contribution in [0.3, 0.4) is 0 Å². The van der Waals surface area contributed by atoms with Crippen molar-refractivity contribution in [2.45, 2.75) is 57.5 Å². The number of halogens is 3. The Hall–Kier alpha value is -0.250. The van der Waals surface area contributed by atoms with Crippen LogP contribution in [0.5, 0.6) is 0 Å². The second-order valence-electron chi connectivity index (χ2n) is 7.28. The lowest BCUT2D eigenvalue weighted by atomic mass is 9.49. The van der Waals surface area contributed by atoms with Crippen molar-refractivity contribution in [3.05, 3.63) is 0 Å². The molecule has 4 heteroatoms. The number of hydrogen-bond donors (Lipinski definition) is 1. The van der Waals surface area contributed by atoms with E-state index in [4.69, 9.17) is 0 Å². The van der Waals surface area contributed by atoms with Gasteiger partial charge in [0.25, 0.3) is 0 Å². The molecule has 0 unspecified atom stereocenters. The van der Waals surface area contributed by atoms with Gasteiger partial charge in [-0.05, 0) is 74.7 Å². The zero-order chi connectivity index (χ0) is 13.5. The van der Waals surface area contributed by atoms with Crippen molar-refractivity contribution in [2.24, 2.45) is 23.2 Å². The molecule has 0 aromatic heterocycles. The molecule has 0 heterocycles. The lowest BCUT2D eigenvalue weighted by Crippen LogP contribution is -2.47. The van der Waals surface area contributed by atoms with E-state index in [1.807, 2.05) is 0 Å². The highest BCUT2D eigenvalue weighted by Gasteiger charge is 2.50. The molecule has 0 aliphatic heterocycles. The first kappa shape index (κ1) is 13.7. The summed E-state index contributed by atoms with van der Waals surface area (Å²) in [6, 6.07) is 0. The van der Waals surface area contributed by atoms with Gasteiger partial charge >= 0.3 is 6.18 Å². The molecule has 4 bridgehead atoms. The fourth-order valence-electron chi connectivity index (χ4n) is 5.30. The third kappa shape index (κ3) is 3.26. The van der Waals surface area contributed by atoms with E-state index in [0.29, 0.717) is 5.41 Å². The van der Waals surface area contributed by atoms with E-state index in [2.05, 4.69) is 5.32 Å². The molecule has 0 spiro atoms. The van der Waals surface area contributed by atoms with Crippen LogP contribution >= 0.6 is 0 Å². The van der Waals surface area contributed by atoms with Gasteiger partial charge in [0, 0.05) is 6.54 Å². The average molecular weight is 275 g/mol. The highest BCUT2D eigenvalue weighted by molar-refractivity contribution is 5.01. The van der Waals surface area contributed by atoms with Crippen molar-refractivity contribution in [3.63, 3.8) is 0 Å². The Morgan fingerprint density at radius 1 is 0.895 bits per heavy atom. The third-order valence-corrected chi connectivity index (χ3v) is 5.58. The van der Waals surface area contributed by atoms with Crippen molar-refractivity contribution in [3.8, 4) is 0 Å². The SMILES string of the molecule is FC(F)(F)CCNCCC12CC3CC(CC(C3)C1)C2. The summed E-state index contributed by atoms with van der Waals surface area (Å²) in [5.41, 5.74) is 0.486. The molecule has 4 saturated carbocycles. The summed E-state index contributed by atoms with van der Waals surface area (Å²) < 4.78 is 36.2. The van der Waals surface area contributed by atoms with Gasteiger partial charge in [-0.2, -0.15) is 13.2 Å². The summed E-state index contributed by atoms with van der Waals surface area (Å²) in [6.45, 7) is 0.845. The molecule has 0 radical (unpaired) electrons. The molecule has 4 fully saturated rings. The first-order valence-corrected chi connectivity index (χ1v) is 7.72. The molecule has 4 aliphatic rings. The smallest absolute Gasteiger partial charge is 0.316 e. The molecule has 110 valence electrons. The zero-order valence-electron chi connectivity index (χ0n) is 11.4. The Balaban J connectivity index is 1.43. The van der Waals surface area contributed by atoms with Crippen LogP contribution in [0.25, 0.3) is 0 Å². The van der Waals surface area contributed by atoms with E-state index in [1.54, 1.807) is 0 Å². The van der Waals surface area contributed by atoms with Crippen LogP contribution in [0.15, 0.2) is 0 Å². The number of rotatable bonds is 5. The number of hydrogen-bond acceptors (Lipinski definition) is 1. The maximum Gasteiger partial charge on any atom is 0.390 e. The standard InChI is InChI=1S/C15H24F3N/c16-15(17,18)2-4-19-3-1-14-8-11-5-12(9-14)7-13(6-11)10-14/h11-13,19H,1-10H2. The second-order valence-corrected chi connectivity index (χ2v) is 7.28. The number of alkyl halides is 3. The fraction of sp³-hybridized carbons (Fsp3) is 1.00. The van der Waals surface area contributed by atoms with Crippen molar-refractivity contribution in [2.75, 3.05) is 13.1 Å². The Morgan fingerprint density at radius 2 is 1.42 bits per heavy atom. The Kier molecular flexibility index (Phi) is 3.57. The summed E-state index contributed by atoms with van der Waals surface area (Å²) in [6.07, 6.45) is 4.71. The monoisotopic (exact) mass is 275 g/mol. The predicted molar refractivity (Wildman–Crippen MR) is 68.8 cm³/mol. The van der Waals surface area contributed by atoms with Crippen LogP contribution in [0.2, 0.25) is 0 Å². The van der Waals surface area contributed by atoms with Crippen molar-refractivity contribution in [1.29, 1.82) is 0 Å². The first-order chi connectivity index (χ1) is 8.94. The second kappa shape index (κ2) is 4.94. The van der Waals surface area contributed by atoms with Gasteiger partial charge in [0.05, 0.1) is 6.42 Å². The lowest BCUT2D eigenvalue weighted by molar-refractivity contribution is -0.133. The van der Waals surface area contributed by atoms with Gasteiger partial charge in [-0.3, -0.25) is 0 Å². The van der Waals surface area contributed by atoms with Crippen LogP contribution in [-0.4, -0.2) is 19.3 Å². The normalized spacial score (nSPS) is 40.9. The largest absolute Gasteiger partial charge is 0.390 e. The Morgan fingerprint density at radius 3 is 1.89 bits per heavy atom. The van der Waals surface area contributed by atoms with Gasteiger partial charge in [0.15, 0.2) is 0 Å². The minimum Gasteiger partial charge on any atom is -0.316 e. The minimum absolute atomic E-state index is 0.0792. The van der Waals surface area contributed by atoms with E-state index in [-0.39, 0.29) is 6.54 Å². The van der Waals surface area contributed by atoms with E-state index in [1.165, 1.54) is 38.5 Å². The van der Waals surface area contributed by atoms with Crippen molar-refractivity contribution in [1.82, 2.24) is 5.32 Å². The van der Waals surface area contributed by atoms with Crippen LogP contribution in [0.4, 0.5) is 13.2 Å². The zero-order valence-corrected chi connectivity index (χ0v) is 11.4. The molecule has 0 amide bonds. The average Bonchev–Trinajstić information content (AvgIpc) is 2.24. The highest BCUT2D eigenvalue weighted by Crippen LogP contribution is 2.61. The van der Waals surface area contributed by atoms with E-state index in [0.717, 1.165) is 30.7 Å². The van der Waals surface area contributed by atoms with Gasteiger partial charge < -0.3 is 5.32 Å². The molecule has 1 nitrogen and oxygen atoms in total. The van der Waals surface area contributed by atoms with Crippen molar-refractivity contribution < 1.29 is 13.2 Å². The van der Waals surface area contributed by atoms with E-state index in [9.17, 15) is 13.2 Å². The van der Waals surface area contributed by atoms with Crippen LogP contribution in [0, 0.1) is 23.2 Å². The fourth-order valence-corrected chi connectivity index (χ4v) is 5.30. The highest BCUT2D eigenvalue weighted by atomic mass is 19.4. The molecule has 4 rings (SSSR count). The third-order valence-electron chi connectivity index (χ3n) is 5.58. The van der Waals surface area contributed by atoms with E-state index < -0.39 is 12.6 Å². The Bertz CT molecular complexity index is 289. The quantitative estimate of drug-likeness (QED) is 0.744. The summed E-state index contributed by atoms with van der Waals surface area (Å²) in [7, 11) is 0. The lowest BCUT2D eigenvalue weighted by Gasteiger charge is -2.57. The molecule has 0 aromatic rings. The Labute approximate surface area is 113 Å². The first-order valence-electron chi connectivity index (χ1n) is 7.72. The van der Waals surface area contributed by atoms with Crippen molar-refractivity contribution >= 4 is 0 Å². The summed E-state index contributed by atoms with van der Waals surface area (Å²) in [4.78, 5) is 0. The summed E-state index contributed by atoms with van der Waals surface area (Å²) >= 11 is 0. The maximum atomic E-state index is 12.1. The van der Waals surface area contributed by atoms with Gasteiger partial charge in [-0.1, -0.05) is 0 Å². The minimum atomic E-state index is -4.02. The summed E-state index contributed by atoms with van der Waals surface area (Å²) in [5.74, 6) is 2.80. The van der Waals surface area contributed by atoms with Gasteiger partial charge in [0.1, 0.15) is 0 Å². The van der Waals surface area contributed by atoms with E-state index >= 15 is 0 Å². The van der Waals surface area contributed by atoms with Gasteiger partial charge in [0.2, 0.25) is 0 Å². The molecular formula is C15H24F3N. The van der Waals surface area contributed by atoms with Gasteiger partial charge in [-0.25, -0.2) is 0 Å². The topological polar surface area (TPSA) is 12.0 Å². The maximum absolute atomic E-state index is 12.1. The molecule has 1 N–H and O–H groups in total. The van der Waals surface area contributed by atoms with Crippen LogP contribution in [0.1, 0.15) is 51.4 Å². The molecule has 0 atom stereocenters. The molecule has 4 aliphatic carbocycles. The van der Waals surface area contributed by atoms with Gasteiger partial charge in [-0.15, -0.1) is 0 Å². The molecule has 0 saturated heterocycles. The molecular weight excluding hydrogens is 251 g/mol. The van der Waals surface area contributed by atoms with Crippen LogP contribution in [-0.2, 0) is 0 Å². The van der Waals surface area contributed by atoms with Crippen LogP contribution < -0.4 is 5.32 Å².